The van der Waals surface area contributed by atoms with Gasteiger partial charge >= 0.3 is 5.97 Å². The van der Waals surface area contributed by atoms with Crippen molar-refractivity contribution in [1.82, 2.24) is 5.32 Å². The van der Waals surface area contributed by atoms with Crippen molar-refractivity contribution in [2.24, 2.45) is 11.7 Å². The number of carboxylic acid groups (broad SMARTS) is 1. The van der Waals surface area contributed by atoms with Gasteiger partial charge in [0, 0.05) is 12.0 Å². The fourth-order valence-electron chi connectivity index (χ4n) is 2.04. The van der Waals surface area contributed by atoms with Crippen molar-refractivity contribution >= 4 is 23.6 Å². The normalized spacial score (nSPS) is 25.5. The standard InChI is InChI=1S/C11H20N2O3S/c1-17-5-4-9(11(15)16)13-10(14)7-2-3-8(12)6-7/h7-9H,2-6,12H2,1H3,(H,13,14)(H,15,16). The van der Waals surface area contributed by atoms with Crippen LogP contribution in [-0.2, 0) is 9.59 Å². The summed E-state index contributed by atoms with van der Waals surface area (Å²) in [6.45, 7) is 0. The van der Waals surface area contributed by atoms with E-state index < -0.39 is 12.0 Å². The SMILES string of the molecule is CSCCC(NC(=O)C1CCC(N)C1)C(=O)O. The van der Waals surface area contributed by atoms with Crippen molar-refractivity contribution in [3.8, 4) is 0 Å². The van der Waals surface area contributed by atoms with Crippen molar-refractivity contribution in [3.05, 3.63) is 0 Å². The molecular weight excluding hydrogens is 240 g/mol. The topological polar surface area (TPSA) is 92.4 Å². The van der Waals surface area contributed by atoms with Crippen LogP contribution in [0.5, 0.6) is 0 Å². The first-order valence-electron chi connectivity index (χ1n) is 5.82. The summed E-state index contributed by atoms with van der Waals surface area (Å²) >= 11 is 1.57. The summed E-state index contributed by atoms with van der Waals surface area (Å²) in [5.41, 5.74) is 5.73. The second-order valence-corrected chi connectivity index (χ2v) is 5.44. The van der Waals surface area contributed by atoms with E-state index in [9.17, 15) is 9.59 Å². The molecule has 5 nitrogen and oxygen atoms in total. The molecule has 6 heteroatoms. The minimum Gasteiger partial charge on any atom is -0.480 e. The van der Waals surface area contributed by atoms with E-state index in [4.69, 9.17) is 10.8 Å². The number of nitrogens with one attached hydrogen (secondary N) is 1. The smallest absolute Gasteiger partial charge is 0.326 e. The summed E-state index contributed by atoms with van der Waals surface area (Å²) in [5, 5.41) is 11.6. The number of aliphatic carboxylic acids is 1. The first-order chi connectivity index (χ1) is 8.04. The molecule has 17 heavy (non-hydrogen) atoms. The maximum atomic E-state index is 11.8. The van der Waals surface area contributed by atoms with Crippen molar-refractivity contribution in [3.63, 3.8) is 0 Å². The van der Waals surface area contributed by atoms with Crippen LogP contribution in [0.4, 0.5) is 0 Å². The van der Waals surface area contributed by atoms with Gasteiger partial charge in [0.2, 0.25) is 5.91 Å². The van der Waals surface area contributed by atoms with E-state index in [-0.39, 0.29) is 17.9 Å². The molecule has 0 heterocycles. The van der Waals surface area contributed by atoms with Crippen LogP contribution in [0.15, 0.2) is 0 Å². The van der Waals surface area contributed by atoms with Gasteiger partial charge in [-0.2, -0.15) is 11.8 Å². The molecule has 0 bridgehead atoms. The van der Waals surface area contributed by atoms with Crippen LogP contribution in [0.3, 0.4) is 0 Å². The zero-order chi connectivity index (χ0) is 12.8. The van der Waals surface area contributed by atoms with E-state index in [2.05, 4.69) is 5.32 Å². The summed E-state index contributed by atoms with van der Waals surface area (Å²) in [6, 6.07) is -0.688. The molecule has 4 N–H and O–H groups in total. The summed E-state index contributed by atoms with van der Waals surface area (Å²) in [6.07, 6.45) is 4.65. The Bertz CT molecular complexity index is 286. The molecule has 1 aliphatic carbocycles. The number of hydrogen-bond acceptors (Lipinski definition) is 4. The molecule has 1 fully saturated rings. The third kappa shape index (κ3) is 4.55. The molecule has 0 aromatic carbocycles. The van der Waals surface area contributed by atoms with Gasteiger partial charge in [-0.25, -0.2) is 4.79 Å². The van der Waals surface area contributed by atoms with Crippen molar-refractivity contribution in [1.29, 1.82) is 0 Å². The Morgan fingerprint density at radius 3 is 2.71 bits per heavy atom. The summed E-state index contributed by atoms with van der Waals surface area (Å²) < 4.78 is 0. The molecule has 1 saturated carbocycles. The molecule has 98 valence electrons. The zero-order valence-corrected chi connectivity index (χ0v) is 10.8. The Morgan fingerprint density at radius 2 is 2.24 bits per heavy atom. The average Bonchev–Trinajstić information content (AvgIpc) is 2.70. The average molecular weight is 260 g/mol. The van der Waals surface area contributed by atoms with Crippen LogP contribution in [0.1, 0.15) is 25.7 Å². The number of carbonyl (C=O) groups is 2. The van der Waals surface area contributed by atoms with E-state index >= 15 is 0 Å². The van der Waals surface area contributed by atoms with E-state index in [1.807, 2.05) is 6.26 Å². The fourth-order valence-corrected chi connectivity index (χ4v) is 2.51. The highest BCUT2D eigenvalue weighted by molar-refractivity contribution is 7.98. The van der Waals surface area contributed by atoms with Crippen LogP contribution in [0.2, 0.25) is 0 Å². The van der Waals surface area contributed by atoms with E-state index in [1.165, 1.54) is 0 Å². The van der Waals surface area contributed by atoms with Gasteiger partial charge in [0.05, 0.1) is 0 Å². The van der Waals surface area contributed by atoms with Gasteiger partial charge in [0.25, 0.3) is 0 Å². The minimum absolute atomic E-state index is 0.0835. The third-order valence-corrected chi connectivity index (χ3v) is 3.71. The van der Waals surface area contributed by atoms with Crippen LogP contribution >= 0.6 is 11.8 Å². The summed E-state index contributed by atoms with van der Waals surface area (Å²) in [7, 11) is 0. The van der Waals surface area contributed by atoms with E-state index in [0.29, 0.717) is 12.8 Å². The number of nitrogens with two attached hydrogens (primary N) is 1. The lowest BCUT2D eigenvalue weighted by atomic mass is 10.1. The molecule has 0 aliphatic heterocycles. The third-order valence-electron chi connectivity index (χ3n) is 3.07. The highest BCUT2D eigenvalue weighted by Gasteiger charge is 2.30. The van der Waals surface area contributed by atoms with Crippen LogP contribution in [0, 0.1) is 5.92 Å². The van der Waals surface area contributed by atoms with Crippen LogP contribution in [-0.4, -0.2) is 41.1 Å². The quantitative estimate of drug-likeness (QED) is 0.644. The van der Waals surface area contributed by atoms with Crippen LogP contribution in [0.25, 0.3) is 0 Å². The number of carboxylic acids is 1. The van der Waals surface area contributed by atoms with Gasteiger partial charge in [-0.1, -0.05) is 0 Å². The molecule has 3 atom stereocenters. The van der Waals surface area contributed by atoms with Crippen LogP contribution < -0.4 is 11.1 Å². The van der Waals surface area contributed by atoms with Gasteiger partial charge in [0.1, 0.15) is 6.04 Å². The van der Waals surface area contributed by atoms with Gasteiger partial charge in [-0.3, -0.25) is 4.79 Å². The summed E-state index contributed by atoms with van der Waals surface area (Å²) in [4.78, 5) is 22.8. The van der Waals surface area contributed by atoms with E-state index in [1.54, 1.807) is 11.8 Å². The lowest BCUT2D eigenvalue weighted by molar-refractivity contribution is -0.142. The van der Waals surface area contributed by atoms with Gasteiger partial charge < -0.3 is 16.2 Å². The maximum Gasteiger partial charge on any atom is 0.326 e. The second kappa shape index (κ2) is 6.86. The van der Waals surface area contributed by atoms with Gasteiger partial charge in [0.15, 0.2) is 0 Å². The van der Waals surface area contributed by atoms with Crippen molar-refractivity contribution in [2.45, 2.75) is 37.8 Å². The Hall–Kier alpha value is -0.750. The van der Waals surface area contributed by atoms with E-state index in [0.717, 1.165) is 18.6 Å². The number of thioether (sulfide) groups is 1. The Labute approximate surface area is 106 Å². The molecule has 0 radical (unpaired) electrons. The molecular formula is C11H20N2O3S. The fraction of sp³-hybridized carbons (Fsp3) is 0.818. The lowest BCUT2D eigenvalue weighted by Crippen LogP contribution is -2.43. The lowest BCUT2D eigenvalue weighted by Gasteiger charge is -2.17. The number of hydrogen-bond donors (Lipinski definition) is 3. The second-order valence-electron chi connectivity index (χ2n) is 4.45. The minimum atomic E-state index is -0.963. The van der Waals surface area contributed by atoms with Gasteiger partial charge in [-0.15, -0.1) is 0 Å². The largest absolute Gasteiger partial charge is 0.480 e. The monoisotopic (exact) mass is 260 g/mol. The first kappa shape index (κ1) is 14.3. The molecule has 1 aliphatic rings. The Kier molecular flexibility index (Phi) is 5.77. The molecule has 0 aromatic heterocycles. The number of rotatable bonds is 6. The predicted octanol–water partition coefficient (Wildman–Crippen LogP) is 0.436. The first-order valence-corrected chi connectivity index (χ1v) is 7.21. The predicted molar refractivity (Wildman–Crippen MR) is 67.9 cm³/mol. The van der Waals surface area contributed by atoms with Crippen molar-refractivity contribution < 1.29 is 14.7 Å². The molecule has 0 aromatic rings. The maximum absolute atomic E-state index is 11.8. The molecule has 1 amide bonds. The molecule has 3 unspecified atom stereocenters. The Balaban J connectivity index is 2.43. The molecule has 1 rings (SSSR count). The number of amides is 1. The van der Waals surface area contributed by atoms with Gasteiger partial charge in [-0.05, 0) is 37.7 Å². The Morgan fingerprint density at radius 1 is 1.53 bits per heavy atom. The molecule has 0 saturated heterocycles. The summed E-state index contributed by atoms with van der Waals surface area (Å²) in [5.74, 6) is -0.510. The highest BCUT2D eigenvalue weighted by Crippen LogP contribution is 2.24. The van der Waals surface area contributed by atoms with Crippen molar-refractivity contribution in [2.75, 3.05) is 12.0 Å². The number of carbonyl (C=O) groups excluding carboxylic acids is 1. The molecule has 0 spiro atoms. The highest BCUT2D eigenvalue weighted by atomic mass is 32.2. The zero-order valence-electron chi connectivity index (χ0n) is 10.0.